The molecule has 0 heterocycles. The van der Waals surface area contributed by atoms with Gasteiger partial charge in [0.25, 0.3) is 0 Å². The maximum absolute atomic E-state index is 13.1. The van der Waals surface area contributed by atoms with Gasteiger partial charge in [0.1, 0.15) is 5.76 Å². The molecule has 2 rings (SSSR count). The van der Waals surface area contributed by atoms with Crippen LogP contribution in [0.4, 0.5) is 0 Å². The summed E-state index contributed by atoms with van der Waals surface area (Å²) in [5.74, 6) is 2.77. The molecule has 0 bridgehead atoms. The number of Topliss-reactive ketones (excluding diaryl/α,β-unsaturated/α-hetero) is 1. The normalized spacial score (nSPS) is 16.8. The van der Waals surface area contributed by atoms with Gasteiger partial charge in [-0.25, -0.2) is 0 Å². The highest BCUT2D eigenvalue weighted by molar-refractivity contribution is 6.01. The average molecular weight is 360 g/mol. The van der Waals surface area contributed by atoms with Gasteiger partial charge in [0.2, 0.25) is 0 Å². The maximum atomic E-state index is 13.1. The van der Waals surface area contributed by atoms with Crippen LogP contribution < -0.4 is 9.47 Å². The fraction of sp³-hybridized carbons (Fsp3) is 0.591. The molecule has 1 aromatic rings. The fourth-order valence-electron chi connectivity index (χ4n) is 3.58. The van der Waals surface area contributed by atoms with Crippen LogP contribution in [0.2, 0.25) is 0 Å². The van der Waals surface area contributed by atoms with E-state index in [2.05, 4.69) is 19.9 Å². The summed E-state index contributed by atoms with van der Waals surface area (Å²) in [5, 5.41) is 0. The van der Waals surface area contributed by atoms with E-state index in [4.69, 9.17) is 14.2 Å². The number of allylic oxidation sites excluding steroid dienone is 2. The Morgan fingerprint density at radius 3 is 2.31 bits per heavy atom. The van der Waals surface area contributed by atoms with Crippen molar-refractivity contribution in [2.24, 2.45) is 5.41 Å². The van der Waals surface area contributed by atoms with Crippen molar-refractivity contribution in [2.75, 3.05) is 20.8 Å². The Labute approximate surface area is 157 Å². The average Bonchev–Trinajstić information content (AvgIpc) is 2.60. The molecule has 0 aromatic heterocycles. The zero-order valence-corrected chi connectivity index (χ0v) is 17.2. The van der Waals surface area contributed by atoms with Crippen LogP contribution in [-0.4, -0.2) is 26.6 Å². The molecule has 1 aromatic carbocycles. The van der Waals surface area contributed by atoms with Gasteiger partial charge in [-0.2, -0.15) is 0 Å². The van der Waals surface area contributed by atoms with E-state index in [1.807, 2.05) is 26.8 Å². The monoisotopic (exact) mass is 360 g/mol. The highest BCUT2D eigenvalue weighted by Gasteiger charge is 2.37. The lowest BCUT2D eigenvalue weighted by molar-refractivity contribution is -0.124. The largest absolute Gasteiger partial charge is 0.498 e. The second-order valence-corrected chi connectivity index (χ2v) is 7.76. The highest BCUT2D eigenvalue weighted by Crippen LogP contribution is 2.42. The van der Waals surface area contributed by atoms with Crippen LogP contribution in [0.5, 0.6) is 11.5 Å². The van der Waals surface area contributed by atoms with E-state index in [1.54, 1.807) is 14.2 Å². The molecule has 0 saturated carbocycles. The minimum absolute atomic E-state index is 0.168. The molecule has 0 saturated heterocycles. The third kappa shape index (κ3) is 3.89. The molecule has 0 atom stereocenters. The number of hydrogen-bond donors (Lipinski definition) is 0. The molecule has 26 heavy (non-hydrogen) atoms. The predicted molar refractivity (Wildman–Crippen MR) is 104 cm³/mol. The molecule has 1 aliphatic carbocycles. The third-order valence-corrected chi connectivity index (χ3v) is 5.14. The van der Waals surface area contributed by atoms with Crippen molar-refractivity contribution in [1.82, 2.24) is 0 Å². The number of carbonyl (C=O) groups excluding carboxylic acids is 1. The molecule has 4 heteroatoms. The fourth-order valence-corrected chi connectivity index (χ4v) is 3.58. The van der Waals surface area contributed by atoms with E-state index in [-0.39, 0.29) is 11.2 Å². The molecule has 144 valence electrons. The standard InChI is InChI=1S/C22H32O4/c1-8-26-18-11-12-22(4,5)21(23)17(18)13-15-9-10-16(14(2)3)20(25-7)19(15)24-6/h9-10,14H,8,11-13H2,1-7H3. The number of rotatable bonds is 7. The molecule has 1 aliphatic rings. The van der Waals surface area contributed by atoms with E-state index in [0.29, 0.717) is 24.7 Å². The van der Waals surface area contributed by atoms with E-state index in [1.165, 1.54) is 0 Å². The lowest BCUT2D eigenvalue weighted by atomic mass is 9.74. The molecule has 0 radical (unpaired) electrons. The third-order valence-electron chi connectivity index (χ3n) is 5.14. The molecule has 0 fully saturated rings. The van der Waals surface area contributed by atoms with Crippen LogP contribution in [0.3, 0.4) is 0 Å². The molecule has 0 unspecified atom stereocenters. The number of methoxy groups -OCH3 is 2. The summed E-state index contributed by atoms with van der Waals surface area (Å²) in [6.07, 6.45) is 2.11. The first kappa shape index (κ1) is 20.3. The van der Waals surface area contributed by atoms with Gasteiger partial charge >= 0.3 is 0 Å². The zero-order valence-electron chi connectivity index (χ0n) is 17.2. The van der Waals surface area contributed by atoms with Crippen molar-refractivity contribution in [3.8, 4) is 11.5 Å². The summed E-state index contributed by atoms with van der Waals surface area (Å²) in [6.45, 7) is 10.8. The van der Waals surface area contributed by atoms with Crippen molar-refractivity contribution in [1.29, 1.82) is 0 Å². The quantitative estimate of drug-likeness (QED) is 0.682. The summed E-state index contributed by atoms with van der Waals surface area (Å²) in [7, 11) is 3.31. The second-order valence-electron chi connectivity index (χ2n) is 7.76. The Morgan fingerprint density at radius 1 is 1.12 bits per heavy atom. The van der Waals surface area contributed by atoms with Crippen molar-refractivity contribution in [3.05, 3.63) is 34.6 Å². The van der Waals surface area contributed by atoms with Gasteiger partial charge in [0.15, 0.2) is 17.3 Å². The first-order valence-corrected chi connectivity index (χ1v) is 9.40. The number of ketones is 1. The number of benzene rings is 1. The van der Waals surface area contributed by atoms with Crippen LogP contribution in [0.1, 0.15) is 64.5 Å². The molecule has 4 nitrogen and oxygen atoms in total. The molecular formula is C22H32O4. The van der Waals surface area contributed by atoms with Gasteiger partial charge in [0.05, 0.1) is 20.8 Å². The smallest absolute Gasteiger partial charge is 0.168 e. The van der Waals surface area contributed by atoms with Crippen LogP contribution >= 0.6 is 0 Å². The molecular weight excluding hydrogens is 328 g/mol. The Bertz CT molecular complexity index is 698. The van der Waals surface area contributed by atoms with E-state index >= 15 is 0 Å². The predicted octanol–water partition coefficient (Wildman–Crippen LogP) is 5.05. The van der Waals surface area contributed by atoms with E-state index in [0.717, 1.165) is 41.1 Å². The molecule has 0 spiro atoms. The van der Waals surface area contributed by atoms with Crippen LogP contribution in [0, 0.1) is 5.41 Å². The van der Waals surface area contributed by atoms with E-state index in [9.17, 15) is 4.79 Å². The summed E-state index contributed by atoms with van der Waals surface area (Å²) in [5.41, 5.74) is 2.46. The van der Waals surface area contributed by atoms with Gasteiger partial charge in [-0.05, 0) is 19.3 Å². The minimum Gasteiger partial charge on any atom is -0.498 e. The molecule has 0 N–H and O–H groups in total. The molecule has 0 amide bonds. The van der Waals surface area contributed by atoms with Crippen molar-refractivity contribution >= 4 is 5.78 Å². The van der Waals surface area contributed by atoms with Crippen molar-refractivity contribution in [2.45, 2.75) is 59.8 Å². The first-order chi connectivity index (χ1) is 12.3. The van der Waals surface area contributed by atoms with Gasteiger partial charge in [-0.15, -0.1) is 0 Å². The maximum Gasteiger partial charge on any atom is 0.168 e. The second kappa shape index (κ2) is 8.15. The lowest BCUT2D eigenvalue weighted by Crippen LogP contribution is -2.32. The number of hydrogen-bond acceptors (Lipinski definition) is 4. The minimum atomic E-state index is -0.356. The van der Waals surface area contributed by atoms with Gasteiger partial charge < -0.3 is 14.2 Å². The first-order valence-electron chi connectivity index (χ1n) is 9.40. The Balaban J connectivity index is 2.52. The highest BCUT2D eigenvalue weighted by atomic mass is 16.5. The van der Waals surface area contributed by atoms with Crippen molar-refractivity contribution in [3.63, 3.8) is 0 Å². The zero-order chi connectivity index (χ0) is 19.5. The summed E-state index contributed by atoms with van der Waals surface area (Å²) < 4.78 is 17.1. The Hall–Kier alpha value is -1.97. The van der Waals surface area contributed by atoms with Crippen LogP contribution in [0.25, 0.3) is 0 Å². The summed E-state index contributed by atoms with van der Waals surface area (Å²) in [4.78, 5) is 13.1. The Kier molecular flexibility index (Phi) is 6.38. The lowest BCUT2D eigenvalue weighted by Gasteiger charge is -2.31. The number of carbonyl (C=O) groups is 1. The number of ether oxygens (including phenoxy) is 3. The van der Waals surface area contributed by atoms with Gasteiger partial charge in [-0.1, -0.05) is 39.8 Å². The summed E-state index contributed by atoms with van der Waals surface area (Å²) in [6, 6.07) is 4.11. The van der Waals surface area contributed by atoms with Crippen molar-refractivity contribution < 1.29 is 19.0 Å². The van der Waals surface area contributed by atoms with E-state index < -0.39 is 0 Å². The topological polar surface area (TPSA) is 44.8 Å². The van der Waals surface area contributed by atoms with Gasteiger partial charge in [0, 0.05) is 35.0 Å². The SMILES string of the molecule is CCOC1=C(Cc2ccc(C(C)C)c(OC)c2OC)C(=O)C(C)(C)CC1. The Morgan fingerprint density at radius 2 is 1.77 bits per heavy atom. The summed E-state index contributed by atoms with van der Waals surface area (Å²) >= 11 is 0. The van der Waals surface area contributed by atoms with Crippen LogP contribution in [0.15, 0.2) is 23.5 Å². The van der Waals surface area contributed by atoms with Gasteiger partial charge in [-0.3, -0.25) is 4.79 Å². The van der Waals surface area contributed by atoms with Crippen LogP contribution in [-0.2, 0) is 16.0 Å². The molecule has 0 aliphatic heterocycles.